The number of hydrogen-bond acceptors (Lipinski definition) is 2. The van der Waals surface area contributed by atoms with E-state index in [0.29, 0.717) is 0 Å². The van der Waals surface area contributed by atoms with Gasteiger partial charge < -0.3 is 0 Å². The number of thioether (sulfide) groups is 2. The van der Waals surface area contributed by atoms with Gasteiger partial charge in [-0.25, -0.2) is 0 Å². The van der Waals surface area contributed by atoms with E-state index >= 15 is 0 Å². The highest BCUT2D eigenvalue weighted by atomic mass is 32.2. The van der Waals surface area contributed by atoms with Crippen LogP contribution < -0.4 is 0 Å². The zero-order valence-corrected chi connectivity index (χ0v) is 5.82. The van der Waals surface area contributed by atoms with Gasteiger partial charge in [0.05, 0.1) is 0 Å². The summed E-state index contributed by atoms with van der Waals surface area (Å²) in [6, 6.07) is 0. The molecule has 9 heavy (non-hydrogen) atoms. The summed E-state index contributed by atoms with van der Waals surface area (Å²) in [6.45, 7) is 0. The van der Waals surface area contributed by atoms with Gasteiger partial charge in [0.1, 0.15) is 0 Å². The summed E-state index contributed by atoms with van der Waals surface area (Å²) in [7, 11) is 0. The lowest BCUT2D eigenvalue weighted by Gasteiger charge is -2.10. The second kappa shape index (κ2) is 2.46. The minimum Gasteiger partial charge on any atom is -0.169 e. The highest BCUT2D eigenvalue weighted by Crippen LogP contribution is 2.43. The summed E-state index contributed by atoms with van der Waals surface area (Å²) < 4.78 is 33.8. The van der Waals surface area contributed by atoms with Gasteiger partial charge in [0, 0.05) is 0 Å². The standard InChI is InChI=1S/C4H3F3S2/c5-4(6,7)3-8-1-2-9-3/h1-3H. The molecule has 0 spiro atoms. The first-order chi connectivity index (χ1) is 4.11. The molecular weight excluding hydrogens is 169 g/mol. The monoisotopic (exact) mass is 172 g/mol. The number of alkyl halides is 3. The van der Waals surface area contributed by atoms with E-state index in [2.05, 4.69) is 0 Å². The second-order valence-corrected chi connectivity index (χ2v) is 3.75. The van der Waals surface area contributed by atoms with Crippen LogP contribution in [0.5, 0.6) is 0 Å². The van der Waals surface area contributed by atoms with Crippen molar-refractivity contribution in [3.63, 3.8) is 0 Å². The van der Waals surface area contributed by atoms with Crippen LogP contribution in [-0.4, -0.2) is 10.8 Å². The smallest absolute Gasteiger partial charge is 0.169 e. The topological polar surface area (TPSA) is 0 Å². The van der Waals surface area contributed by atoms with Gasteiger partial charge in [-0.15, -0.1) is 23.5 Å². The largest absolute Gasteiger partial charge is 0.410 e. The van der Waals surface area contributed by atoms with E-state index in [9.17, 15) is 13.2 Å². The van der Waals surface area contributed by atoms with Crippen molar-refractivity contribution < 1.29 is 13.2 Å². The molecule has 0 saturated heterocycles. The lowest BCUT2D eigenvalue weighted by atomic mass is 10.8. The van der Waals surface area contributed by atoms with Gasteiger partial charge >= 0.3 is 6.18 Å². The van der Waals surface area contributed by atoms with Crippen molar-refractivity contribution in [3.8, 4) is 0 Å². The first-order valence-electron chi connectivity index (χ1n) is 2.13. The van der Waals surface area contributed by atoms with Crippen molar-refractivity contribution in [1.29, 1.82) is 0 Å². The van der Waals surface area contributed by atoms with Gasteiger partial charge in [0.2, 0.25) is 0 Å². The summed E-state index contributed by atoms with van der Waals surface area (Å²) in [5, 5.41) is 2.92. The van der Waals surface area contributed by atoms with Crippen LogP contribution in [0, 0.1) is 0 Å². The molecule has 0 saturated carbocycles. The van der Waals surface area contributed by atoms with Gasteiger partial charge in [-0.05, 0) is 10.8 Å². The molecule has 0 N–H and O–H groups in total. The maximum Gasteiger partial charge on any atom is 0.410 e. The average Bonchev–Trinajstić information content (AvgIpc) is 2.08. The predicted octanol–water partition coefficient (Wildman–Crippen LogP) is 2.83. The Morgan fingerprint density at radius 1 is 1.11 bits per heavy atom. The van der Waals surface area contributed by atoms with E-state index in [1.54, 1.807) is 0 Å². The lowest BCUT2D eigenvalue weighted by Crippen LogP contribution is -2.19. The zero-order chi connectivity index (χ0) is 6.91. The highest BCUT2D eigenvalue weighted by Gasteiger charge is 2.41. The fourth-order valence-electron chi connectivity index (χ4n) is 0.393. The summed E-state index contributed by atoms with van der Waals surface area (Å²) in [5.41, 5.74) is 0. The van der Waals surface area contributed by atoms with E-state index < -0.39 is 10.8 Å². The molecule has 1 heterocycles. The Bertz CT molecular complexity index is 120. The average molecular weight is 172 g/mol. The Labute approximate surface area is 58.9 Å². The first kappa shape index (κ1) is 7.34. The third-order valence-corrected chi connectivity index (χ3v) is 3.18. The third kappa shape index (κ3) is 1.82. The second-order valence-electron chi connectivity index (χ2n) is 1.42. The highest BCUT2D eigenvalue weighted by molar-refractivity contribution is 8.22. The summed E-state index contributed by atoms with van der Waals surface area (Å²) >= 11 is 1.61. The van der Waals surface area contributed by atoms with Crippen LogP contribution >= 0.6 is 23.5 Å². The van der Waals surface area contributed by atoms with Crippen molar-refractivity contribution in [3.05, 3.63) is 10.8 Å². The minimum atomic E-state index is -4.06. The van der Waals surface area contributed by atoms with Crippen LogP contribution in [0.2, 0.25) is 0 Å². The van der Waals surface area contributed by atoms with E-state index in [1.165, 1.54) is 10.8 Å². The van der Waals surface area contributed by atoms with Gasteiger partial charge in [0.15, 0.2) is 4.58 Å². The van der Waals surface area contributed by atoms with E-state index in [-0.39, 0.29) is 0 Å². The van der Waals surface area contributed by atoms with Crippen LogP contribution in [0.1, 0.15) is 0 Å². The quantitative estimate of drug-likeness (QED) is 0.551. The van der Waals surface area contributed by atoms with Crippen molar-refractivity contribution in [1.82, 2.24) is 0 Å². The SMILES string of the molecule is FC(F)(F)C1SC=CS1. The Hall–Kier alpha value is 0.230. The maximum absolute atomic E-state index is 11.7. The normalized spacial score (nSPS) is 21.2. The van der Waals surface area contributed by atoms with Crippen LogP contribution in [0.3, 0.4) is 0 Å². The molecule has 0 bridgehead atoms. The molecule has 0 aromatic carbocycles. The molecule has 0 aromatic rings. The summed E-state index contributed by atoms with van der Waals surface area (Å²) in [5.74, 6) is 0. The van der Waals surface area contributed by atoms with E-state index in [1.807, 2.05) is 0 Å². The molecule has 5 heteroatoms. The van der Waals surface area contributed by atoms with Gasteiger partial charge in [0.25, 0.3) is 0 Å². The molecule has 1 rings (SSSR count). The van der Waals surface area contributed by atoms with Gasteiger partial charge in [-0.3, -0.25) is 0 Å². The Kier molecular flexibility index (Phi) is 2.00. The van der Waals surface area contributed by atoms with Crippen molar-refractivity contribution in [2.45, 2.75) is 10.8 Å². The molecule has 0 aliphatic carbocycles. The Morgan fingerprint density at radius 2 is 1.56 bits per heavy atom. The molecule has 1 aliphatic rings. The van der Waals surface area contributed by atoms with Crippen LogP contribution in [0.4, 0.5) is 13.2 Å². The summed E-state index contributed by atoms with van der Waals surface area (Å²) in [6.07, 6.45) is -4.06. The Morgan fingerprint density at radius 3 is 1.78 bits per heavy atom. The van der Waals surface area contributed by atoms with Crippen molar-refractivity contribution in [2.24, 2.45) is 0 Å². The molecule has 0 fully saturated rings. The van der Waals surface area contributed by atoms with Crippen molar-refractivity contribution in [2.75, 3.05) is 0 Å². The molecule has 1 aliphatic heterocycles. The zero-order valence-electron chi connectivity index (χ0n) is 4.18. The van der Waals surface area contributed by atoms with Gasteiger partial charge in [-0.2, -0.15) is 13.2 Å². The van der Waals surface area contributed by atoms with Crippen LogP contribution in [0.15, 0.2) is 10.8 Å². The molecule has 0 unspecified atom stereocenters. The van der Waals surface area contributed by atoms with Crippen LogP contribution in [-0.2, 0) is 0 Å². The molecular formula is C4H3F3S2. The maximum atomic E-state index is 11.7. The first-order valence-corrected chi connectivity index (χ1v) is 4.02. The molecule has 52 valence electrons. The predicted molar refractivity (Wildman–Crippen MR) is 34.2 cm³/mol. The molecule has 0 aromatic heterocycles. The minimum absolute atomic E-state index is 0.807. The van der Waals surface area contributed by atoms with Crippen LogP contribution in [0.25, 0.3) is 0 Å². The fourth-order valence-corrected chi connectivity index (χ4v) is 2.14. The van der Waals surface area contributed by atoms with Crippen molar-refractivity contribution >= 4 is 23.5 Å². The molecule has 0 amide bonds. The van der Waals surface area contributed by atoms with Gasteiger partial charge in [-0.1, -0.05) is 0 Å². The number of hydrogen-bond donors (Lipinski definition) is 0. The third-order valence-electron chi connectivity index (χ3n) is 0.727. The summed E-state index contributed by atoms with van der Waals surface area (Å²) in [4.78, 5) is 0. The fraction of sp³-hybridized carbons (Fsp3) is 0.500. The Balaban J connectivity index is 2.46. The number of halogens is 3. The lowest BCUT2D eigenvalue weighted by molar-refractivity contribution is -0.112. The molecule has 0 atom stereocenters. The molecule has 0 nitrogen and oxygen atoms in total. The number of rotatable bonds is 0. The molecule has 0 radical (unpaired) electrons. The van der Waals surface area contributed by atoms with E-state index in [4.69, 9.17) is 0 Å². The van der Waals surface area contributed by atoms with E-state index in [0.717, 1.165) is 23.5 Å².